The number of ether oxygens (including phenoxy) is 2. The first-order chi connectivity index (χ1) is 14.1. The fraction of sp³-hybridized carbons (Fsp3) is 0.381. The molecule has 0 aliphatic carbocycles. The van der Waals surface area contributed by atoms with Gasteiger partial charge in [-0.15, -0.1) is 0 Å². The van der Waals surface area contributed by atoms with E-state index in [2.05, 4.69) is 0 Å². The van der Waals surface area contributed by atoms with Crippen molar-refractivity contribution in [2.24, 2.45) is 0 Å². The van der Waals surface area contributed by atoms with Crippen LogP contribution in [0.5, 0.6) is 23.0 Å². The second-order valence-corrected chi connectivity index (χ2v) is 8.63. The number of phenolic OH excluding ortho intramolecular Hbond substituents is 2. The number of ketones is 1. The van der Waals surface area contributed by atoms with Crippen molar-refractivity contribution in [1.82, 2.24) is 0 Å². The largest absolute Gasteiger partial charge is 0.504 e. The molecule has 0 aromatic heterocycles. The van der Waals surface area contributed by atoms with Gasteiger partial charge in [0.2, 0.25) is 0 Å². The molecule has 8 nitrogen and oxygen atoms in total. The van der Waals surface area contributed by atoms with Crippen molar-refractivity contribution < 1.29 is 37.5 Å². The number of carbonyl (C=O) groups is 1. The summed E-state index contributed by atoms with van der Waals surface area (Å²) in [4.78, 5) is 12.3. The van der Waals surface area contributed by atoms with Crippen molar-refractivity contribution in [2.75, 3.05) is 14.2 Å². The molecule has 3 N–H and O–H groups in total. The van der Waals surface area contributed by atoms with Gasteiger partial charge in [-0.05, 0) is 54.7 Å². The Kier molecular flexibility index (Phi) is 8.08. The maximum Gasteiger partial charge on any atom is 0.268 e. The normalized spacial score (nSPS) is 12.4. The van der Waals surface area contributed by atoms with E-state index in [9.17, 15) is 28.0 Å². The summed E-state index contributed by atoms with van der Waals surface area (Å²) in [6.45, 7) is 0. The second kappa shape index (κ2) is 10.3. The minimum Gasteiger partial charge on any atom is -0.504 e. The van der Waals surface area contributed by atoms with E-state index < -0.39 is 15.4 Å². The number of rotatable bonds is 11. The number of Topliss-reactive ketones (excluding diaryl/α,β-unsaturated/α-hetero) is 1. The molecule has 2 rings (SSSR count). The van der Waals surface area contributed by atoms with E-state index in [4.69, 9.17) is 9.47 Å². The van der Waals surface area contributed by atoms with E-state index in [0.717, 1.165) is 5.56 Å². The lowest BCUT2D eigenvalue weighted by Gasteiger charge is -2.14. The number of methoxy groups -OCH3 is 2. The molecule has 0 heterocycles. The summed E-state index contributed by atoms with van der Waals surface area (Å²) in [5, 5.41) is 18.0. The lowest BCUT2D eigenvalue weighted by atomic mass is 10.0. The Labute approximate surface area is 175 Å². The highest BCUT2D eigenvalue weighted by Crippen LogP contribution is 2.28. The molecule has 164 valence electrons. The molecule has 9 heteroatoms. The maximum atomic E-state index is 12.3. The molecule has 0 aliphatic heterocycles. The third-order valence-corrected chi connectivity index (χ3v) is 6.06. The molecule has 1 atom stereocenters. The summed E-state index contributed by atoms with van der Waals surface area (Å²) in [7, 11) is -1.58. The third kappa shape index (κ3) is 6.64. The molecule has 0 fully saturated rings. The van der Waals surface area contributed by atoms with Gasteiger partial charge >= 0.3 is 0 Å². The van der Waals surface area contributed by atoms with Crippen molar-refractivity contribution in [1.29, 1.82) is 0 Å². The number of benzene rings is 2. The van der Waals surface area contributed by atoms with E-state index in [0.29, 0.717) is 17.7 Å². The van der Waals surface area contributed by atoms with Gasteiger partial charge in [0.15, 0.2) is 23.0 Å². The topological polar surface area (TPSA) is 130 Å². The molecule has 0 bridgehead atoms. The van der Waals surface area contributed by atoms with Crippen molar-refractivity contribution in [2.45, 2.75) is 37.4 Å². The molecular weight excluding hydrogens is 412 g/mol. The highest BCUT2D eigenvalue weighted by Gasteiger charge is 2.26. The van der Waals surface area contributed by atoms with Crippen LogP contribution in [-0.4, -0.2) is 48.4 Å². The van der Waals surface area contributed by atoms with Gasteiger partial charge in [0.25, 0.3) is 10.1 Å². The first kappa shape index (κ1) is 23.5. The highest BCUT2D eigenvalue weighted by molar-refractivity contribution is 7.86. The SMILES string of the molecule is COc1cc(CCC(=O)C[C@@H](CCc2ccc(O)c(OC)c2)S(=O)(=O)O)ccc1O. The van der Waals surface area contributed by atoms with Gasteiger partial charge in [0.1, 0.15) is 5.78 Å². The van der Waals surface area contributed by atoms with Gasteiger partial charge in [-0.1, -0.05) is 12.1 Å². The Morgan fingerprint density at radius 1 is 0.933 bits per heavy atom. The van der Waals surface area contributed by atoms with Crippen molar-refractivity contribution in [3.8, 4) is 23.0 Å². The molecule has 0 spiro atoms. The van der Waals surface area contributed by atoms with Crippen LogP contribution in [0.25, 0.3) is 0 Å². The Morgan fingerprint density at radius 3 is 1.90 bits per heavy atom. The van der Waals surface area contributed by atoms with Crippen molar-refractivity contribution >= 4 is 15.9 Å². The summed E-state index contributed by atoms with van der Waals surface area (Å²) in [5.74, 6) is 0.211. The minimum absolute atomic E-state index is 0.00937. The van der Waals surface area contributed by atoms with Crippen LogP contribution in [0, 0.1) is 0 Å². The number of aryl methyl sites for hydroxylation is 2. The molecule has 0 amide bonds. The average Bonchev–Trinajstić information content (AvgIpc) is 2.70. The number of hydrogen-bond donors (Lipinski definition) is 3. The van der Waals surface area contributed by atoms with Gasteiger partial charge in [0.05, 0.1) is 19.5 Å². The zero-order chi connectivity index (χ0) is 22.3. The van der Waals surface area contributed by atoms with Crippen LogP contribution in [0.15, 0.2) is 36.4 Å². The van der Waals surface area contributed by atoms with Gasteiger partial charge in [-0.3, -0.25) is 9.35 Å². The summed E-state index contributed by atoms with van der Waals surface area (Å²) in [6, 6.07) is 9.37. The monoisotopic (exact) mass is 438 g/mol. The van der Waals surface area contributed by atoms with Crippen LogP contribution in [-0.2, 0) is 27.8 Å². The molecule has 0 saturated heterocycles. The highest BCUT2D eigenvalue weighted by atomic mass is 32.2. The minimum atomic E-state index is -4.41. The van der Waals surface area contributed by atoms with E-state index in [1.807, 2.05) is 0 Å². The van der Waals surface area contributed by atoms with Crippen molar-refractivity contribution in [3.05, 3.63) is 47.5 Å². The number of hydrogen-bond acceptors (Lipinski definition) is 7. The quantitative estimate of drug-likeness (QED) is 0.457. The zero-order valence-corrected chi connectivity index (χ0v) is 17.7. The van der Waals surface area contributed by atoms with Crippen molar-refractivity contribution in [3.63, 3.8) is 0 Å². The van der Waals surface area contributed by atoms with E-state index in [1.54, 1.807) is 24.3 Å². The smallest absolute Gasteiger partial charge is 0.268 e. The number of aromatic hydroxyl groups is 2. The van der Waals surface area contributed by atoms with E-state index in [1.165, 1.54) is 26.4 Å². The van der Waals surface area contributed by atoms with E-state index in [-0.39, 0.29) is 48.7 Å². The van der Waals surface area contributed by atoms with Crippen LogP contribution in [0.1, 0.15) is 30.4 Å². The number of phenols is 2. The molecule has 0 radical (unpaired) electrons. The molecule has 2 aromatic rings. The maximum absolute atomic E-state index is 12.3. The Hall–Kier alpha value is -2.78. The summed E-state index contributed by atoms with van der Waals surface area (Å²) in [6.07, 6.45) is 0.466. The predicted molar refractivity (Wildman–Crippen MR) is 111 cm³/mol. The standard InChI is InChI=1S/C21H26O8S/c1-28-20-11-14(5-9-18(20)23)3-7-16(22)13-17(30(25,26)27)8-4-15-6-10-19(24)21(12-15)29-2/h5-6,9-12,17,23-24H,3-4,7-8,13H2,1-2H3,(H,25,26,27)/t17-/m1/s1. The first-order valence-corrected chi connectivity index (χ1v) is 10.8. The Bertz CT molecular complexity index is 984. The summed E-state index contributed by atoms with van der Waals surface area (Å²) >= 11 is 0. The molecule has 0 saturated carbocycles. The zero-order valence-electron chi connectivity index (χ0n) is 16.9. The first-order valence-electron chi connectivity index (χ1n) is 9.33. The fourth-order valence-corrected chi connectivity index (χ4v) is 3.89. The van der Waals surface area contributed by atoms with Gasteiger partial charge in [0, 0.05) is 12.8 Å². The molecule has 2 aromatic carbocycles. The predicted octanol–water partition coefficient (Wildman–Crippen LogP) is 2.90. The van der Waals surface area contributed by atoms with E-state index >= 15 is 0 Å². The average molecular weight is 438 g/mol. The lowest BCUT2D eigenvalue weighted by Crippen LogP contribution is -2.25. The second-order valence-electron chi connectivity index (χ2n) is 6.93. The lowest BCUT2D eigenvalue weighted by molar-refractivity contribution is -0.119. The summed E-state index contributed by atoms with van der Waals surface area (Å²) in [5.41, 5.74) is 1.47. The van der Waals surface area contributed by atoms with Crippen LogP contribution in [0.2, 0.25) is 0 Å². The fourth-order valence-electron chi connectivity index (χ4n) is 3.08. The van der Waals surface area contributed by atoms with Gasteiger partial charge < -0.3 is 19.7 Å². The molecular formula is C21H26O8S. The number of carbonyl (C=O) groups excluding carboxylic acids is 1. The van der Waals surface area contributed by atoms with Gasteiger partial charge in [-0.25, -0.2) is 0 Å². The van der Waals surface area contributed by atoms with Crippen LogP contribution in [0.3, 0.4) is 0 Å². The van der Waals surface area contributed by atoms with Gasteiger partial charge in [-0.2, -0.15) is 8.42 Å². The van der Waals surface area contributed by atoms with Crippen LogP contribution in [0.4, 0.5) is 0 Å². The molecule has 30 heavy (non-hydrogen) atoms. The Morgan fingerprint density at radius 2 is 1.43 bits per heavy atom. The third-order valence-electron chi connectivity index (χ3n) is 4.81. The van der Waals surface area contributed by atoms with Crippen LogP contribution >= 0.6 is 0 Å². The molecule has 0 aliphatic rings. The van der Waals surface area contributed by atoms with Crippen LogP contribution < -0.4 is 9.47 Å². The summed E-state index contributed by atoms with van der Waals surface area (Å²) < 4.78 is 43.1. The molecule has 0 unspecified atom stereocenters. The Balaban J connectivity index is 1.98.